The third-order valence-corrected chi connectivity index (χ3v) is 2.36. The topological polar surface area (TPSA) is 12.9 Å². The number of nitrogens with zero attached hydrogens (tertiary/aromatic N) is 1. The Bertz CT molecular complexity index is 324. The minimum Gasteiger partial charge on any atom is -0.256 e. The van der Waals surface area contributed by atoms with Crippen molar-refractivity contribution < 1.29 is 0 Å². The van der Waals surface area contributed by atoms with Crippen LogP contribution in [0.5, 0.6) is 0 Å². The van der Waals surface area contributed by atoms with Crippen molar-refractivity contribution in [3.05, 3.63) is 35.2 Å². The lowest BCUT2D eigenvalue weighted by Gasteiger charge is -2.07. The van der Waals surface area contributed by atoms with Crippen molar-refractivity contribution in [2.45, 2.75) is 34.1 Å². The van der Waals surface area contributed by atoms with Crippen LogP contribution in [0.1, 0.15) is 37.1 Å². The van der Waals surface area contributed by atoms with Crippen molar-refractivity contribution in [1.29, 1.82) is 0 Å². The van der Waals surface area contributed by atoms with Crippen molar-refractivity contribution in [2.75, 3.05) is 0 Å². The summed E-state index contributed by atoms with van der Waals surface area (Å²) in [5.74, 6) is 0. The molecule has 0 saturated heterocycles. The fraction of sp³-hybridized carbons (Fsp3) is 0.417. The molecule has 13 heavy (non-hydrogen) atoms. The van der Waals surface area contributed by atoms with Crippen LogP contribution in [-0.2, 0) is 0 Å². The summed E-state index contributed by atoms with van der Waals surface area (Å²) in [5.41, 5.74) is 5.03. The average molecular weight is 175 g/mol. The Kier molecular flexibility index (Phi) is 3.24. The van der Waals surface area contributed by atoms with Crippen molar-refractivity contribution in [1.82, 2.24) is 4.98 Å². The van der Waals surface area contributed by atoms with Crippen LogP contribution in [0.4, 0.5) is 0 Å². The largest absolute Gasteiger partial charge is 0.256 e. The molecule has 0 radical (unpaired) electrons. The first-order valence-corrected chi connectivity index (χ1v) is 4.76. The smallest absolute Gasteiger partial charge is 0.0687 e. The highest BCUT2D eigenvalue weighted by molar-refractivity contribution is 5.63. The monoisotopic (exact) mass is 175 g/mol. The van der Waals surface area contributed by atoms with Gasteiger partial charge in [-0.1, -0.05) is 13.0 Å². The van der Waals surface area contributed by atoms with Crippen LogP contribution in [0.25, 0.3) is 5.57 Å². The Labute approximate surface area is 80.5 Å². The van der Waals surface area contributed by atoms with Gasteiger partial charge in [-0.2, -0.15) is 0 Å². The zero-order chi connectivity index (χ0) is 9.84. The summed E-state index contributed by atoms with van der Waals surface area (Å²) in [5, 5.41) is 0. The Morgan fingerprint density at radius 3 is 2.77 bits per heavy atom. The predicted molar refractivity (Wildman–Crippen MR) is 57.7 cm³/mol. The Balaban J connectivity index is 3.15. The van der Waals surface area contributed by atoms with Crippen molar-refractivity contribution in [2.24, 2.45) is 0 Å². The third kappa shape index (κ3) is 2.18. The molecule has 1 aromatic rings. The van der Waals surface area contributed by atoms with Crippen molar-refractivity contribution >= 4 is 5.57 Å². The maximum Gasteiger partial charge on any atom is 0.0687 e. The minimum absolute atomic E-state index is 1.07. The van der Waals surface area contributed by atoms with Crippen LogP contribution in [0.2, 0.25) is 0 Å². The molecule has 1 heterocycles. The van der Waals surface area contributed by atoms with Crippen LogP contribution in [-0.4, -0.2) is 4.98 Å². The molecule has 0 aliphatic rings. The summed E-state index contributed by atoms with van der Waals surface area (Å²) in [6, 6.07) is 2.05. The van der Waals surface area contributed by atoms with Gasteiger partial charge in [0.25, 0.3) is 0 Å². The predicted octanol–water partition coefficient (Wildman–Crippen LogP) is 3.51. The standard InChI is InChI=1S/C12H17N/c1-5-6-10(3)12-11(4)9(2)7-8-13-12/h6-8H,5H2,1-4H3/b10-6+. The van der Waals surface area contributed by atoms with Crippen LogP contribution < -0.4 is 0 Å². The third-order valence-electron chi connectivity index (χ3n) is 2.36. The molecule has 0 fully saturated rings. The highest BCUT2D eigenvalue weighted by atomic mass is 14.7. The van der Waals surface area contributed by atoms with Gasteiger partial charge in [0, 0.05) is 6.20 Å². The lowest BCUT2D eigenvalue weighted by atomic mass is 10.0. The van der Waals surface area contributed by atoms with E-state index >= 15 is 0 Å². The molecule has 0 spiro atoms. The molecular weight excluding hydrogens is 158 g/mol. The maximum atomic E-state index is 4.39. The van der Waals surface area contributed by atoms with Crippen LogP contribution >= 0.6 is 0 Å². The van der Waals surface area contributed by atoms with Gasteiger partial charge in [-0.3, -0.25) is 4.98 Å². The van der Waals surface area contributed by atoms with E-state index in [4.69, 9.17) is 0 Å². The highest BCUT2D eigenvalue weighted by Crippen LogP contribution is 2.18. The second-order valence-electron chi connectivity index (χ2n) is 3.40. The van der Waals surface area contributed by atoms with Gasteiger partial charge in [0.1, 0.15) is 0 Å². The average Bonchev–Trinajstić information content (AvgIpc) is 2.10. The zero-order valence-electron chi connectivity index (χ0n) is 8.89. The molecule has 1 heteroatoms. The molecule has 1 nitrogen and oxygen atoms in total. The van der Waals surface area contributed by atoms with E-state index in [1.54, 1.807) is 0 Å². The lowest BCUT2D eigenvalue weighted by Crippen LogP contribution is -1.93. The number of aromatic nitrogens is 1. The summed E-state index contributed by atoms with van der Waals surface area (Å²) in [4.78, 5) is 4.39. The number of hydrogen-bond acceptors (Lipinski definition) is 1. The molecule has 0 N–H and O–H groups in total. The summed E-state index contributed by atoms with van der Waals surface area (Å²) >= 11 is 0. The molecule has 0 amide bonds. The summed E-state index contributed by atoms with van der Waals surface area (Å²) in [6.07, 6.45) is 5.17. The van der Waals surface area contributed by atoms with E-state index in [9.17, 15) is 0 Å². The molecule has 0 aliphatic heterocycles. The molecule has 0 aromatic carbocycles. The second-order valence-corrected chi connectivity index (χ2v) is 3.40. The van der Waals surface area contributed by atoms with E-state index in [1.807, 2.05) is 6.20 Å². The molecule has 0 saturated carbocycles. The summed E-state index contributed by atoms with van der Waals surface area (Å²) in [7, 11) is 0. The van der Waals surface area contributed by atoms with E-state index in [0.717, 1.165) is 12.1 Å². The molecule has 1 rings (SSSR count). The SMILES string of the molecule is CC/C=C(\C)c1nccc(C)c1C. The first-order valence-electron chi connectivity index (χ1n) is 4.76. The Morgan fingerprint density at radius 2 is 2.15 bits per heavy atom. The number of aryl methyl sites for hydroxylation is 1. The number of pyridine rings is 1. The molecule has 0 unspecified atom stereocenters. The fourth-order valence-electron chi connectivity index (χ4n) is 1.43. The van der Waals surface area contributed by atoms with Gasteiger partial charge in [-0.25, -0.2) is 0 Å². The first-order chi connectivity index (χ1) is 6.16. The van der Waals surface area contributed by atoms with E-state index in [-0.39, 0.29) is 0 Å². The molecule has 0 bridgehead atoms. The maximum absolute atomic E-state index is 4.39. The van der Waals surface area contributed by atoms with Gasteiger partial charge in [-0.15, -0.1) is 0 Å². The lowest BCUT2D eigenvalue weighted by molar-refractivity contribution is 1.15. The van der Waals surface area contributed by atoms with E-state index in [1.165, 1.54) is 16.7 Å². The summed E-state index contributed by atoms with van der Waals surface area (Å²) in [6.45, 7) is 8.53. The normalized spacial score (nSPS) is 11.8. The molecule has 70 valence electrons. The zero-order valence-corrected chi connectivity index (χ0v) is 8.89. The number of allylic oxidation sites excluding steroid dienone is 2. The quantitative estimate of drug-likeness (QED) is 0.670. The van der Waals surface area contributed by atoms with Gasteiger partial charge in [0.15, 0.2) is 0 Å². The van der Waals surface area contributed by atoms with Gasteiger partial charge in [-0.05, 0) is 50.0 Å². The van der Waals surface area contributed by atoms with Gasteiger partial charge in [0.2, 0.25) is 0 Å². The van der Waals surface area contributed by atoms with Crippen LogP contribution in [0.15, 0.2) is 18.3 Å². The Morgan fingerprint density at radius 1 is 1.46 bits per heavy atom. The fourth-order valence-corrected chi connectivity index (χ4v) is 1.43. The number of rotatable bonds is 2. The summed E-state index contributed by atoms with van der Waals surface area (Å²) < 4.78 is 0. The van der Waals surface area contributed by atoms with Crippen LogP contribution in [0.3, 0.4) is 0 Å². The Hall–Kier alpha value is -1.11. The van der Waals surface area contributed by atoms with Crippen LogP contribution in [0, 0.1) is 13.8 Å². The van der Waals surface area contributed by atoms with Gasteiger partial charge in [0.05, 0.1) is 5.69 Å². The van der Waals surface area contributed by atoms with E-state index in [0.29, 0.717) is 0 Å². The van der Waals surface area contributed by atoms with Crippen molar-refractivity contribution in [3.63, 3.8) is 0 Å². The van der Waals surface area contributed by atoms with Gasteiger partial charge < -0.3 is 0 Å². The second kappa shape index (κ2) is 4.22. The minimum atomic E-state index is 1.07. The number of hydrogen-bond donors (Lipinski definition) is 0. The molecule has 0 atom stereocenters. The molecule has 1 aromatic heterocycles. The highest BCUT2D eigenvalue weighted by Gasteiger charge is 2.02. The van der Waals surface area contributed by atoms with Gasteiger partial charge >= 0.3 is 0 Å². The van der Waals surface area contributed by atoms with Crippen molar-refractivity contribution in [3.8, 4) is 0 Å². The molecular formula is C12H17N. The molecule has 0 aliphatic carbocycles. The first kappa shape index (κ1) is 9.97. The van der Waals surface area contributed by atoms with E-state index < -0.39 is 0 Å². The van der Waals surface area contributed by atoms with E-state index in [2.05, 4.69) is 44.8 Å².